The third kappa shape index (κ3) is 2.12. The second kappa shape index (κ2) is 5.11. The van der Waals surface area contributed by atoms with Gasteiger partial charge in [-0.25, -0.2) is 4.79 Å². The first kappa shape index (κ1) is 16.1. The molecule has 3 rings (SSSR count). The number of imide groups is 1. The normalized spacial score (nSPS) is 24.2. The lowest BCUT2D eigenvalue weighted by atomic mass is 9.78. The number of amides is 3. The fourth-order valence-corrected chi connectivity index (χ4v) is 3.63. The van der Waals surface area contributed by atoms with Crippen molar-refractivity contribution in [3.05, 3.63) is 28.8 Å². The van der Waals surface area contributed by atoms with Gasteiger partial charge in [0.15, 0.2) is 0 Å². The lowest BCUT2D eigenvalue weighted by molar-refractivity contribution is -0.162. The molecule has 23 heavy (non-hydrogen) atoms. The average Bonchev–Trinajstić information content (AvgIpc) is 2.97. The van der Waals surface area contributed by atoms with E-state index in [0.29, 0.717) is 11.6 Å². The third-order valence-corrected chi connectivity index (χ3v) is 4.82. The number of fused-ring (bicyclic) bond motifs is 1. The lowest BCUT2D eigenvalue weighted by Gasteiger charge is -2.46. The van der Waals surface area contributed by atoms with E-state index in [4.69, 9.17) is 16.4 Å². The number of carbonyl (C=O) groups is 2. The van der Waals surface area contributed by atoms with Crippen molar-refractivity contribution in [2.75, 3.05) is 18.6 Å². The summed E-state index contributed by atoms with van der Waals surface area (Å²) >= 11 is 6.14. The minimum Gasteiger partial charge on any atom is -0.340 e. The summed E-state index contributed by atoms with van der Waals surface area (Å²) < 4.78 is 0. The van der Waals surface area contributed by atoms with Crippen LogP contribution in [0.4, 0.5) is 10.5 Å². The fraction of sp³-hybridized carbons (Fsp3) is 0.500. The zero-order chi connectivity index (χ0) is 17.0. The summed E-state index contributed by atoms with van der Waals surface area (Å²) in [6.45, 7) is 6.39. The number of anilines is 1. The van der Waals surface area contributed by atoms with Crippen molar-refractivity contribution in [3.63, 3.8) is 0 Å². The summed E-state index contributed by atoms with van der Waals surface area (Å²) in [5, 5.41) is 4.24. The van der Waals surface area contributed by atoms with Gasteiger partial charge in [-0.05, 0) is 24.1 Å². The van der Waals surface area contributed by atoms with E-state index in [1.807, 2.05) is 43.9 Å². The molecule has 1 unspecified atom stereocenters. The fourth-order valence-electron chi connectivity index (χ4n) is 3.46. The summed E-state index contributed by atoms with van der Waals surface area (Å²) in [7, 11) is 1.31. The van der Waals surface area contributed by atoms with Crippen molar-refractivity contribution in [1.82, 2.24) is 10.4 Å². The van der Waals surface area contributed by atoms with Crippen molar-refractivity contribution in [1.29, 1.82) is 0 Å². The number of nitrogens with zero attached hydrogens (tertiary/aromatic N) is 2. The molecule has 1 atom stereocenters. The van der Waals surface area contributed by atoms with Gasteiger partial charge in [0.25, 0.3) is 0 Å². The van der Waals surface area contributed by atoms with E-state index in [-0.39, 0.29) is 0 Å². The first-order chi connectivity index (χ1) is 10.7. The Morgan fingerprint density at radius 3 is 2.57 bits per heavy atom. The first-order valence-electron chi connectivity index (χ1n) is 7.49. The van der Waals surface area contributed by atoms with Gasteiger partial charge in [-0.15, -0.1) is 5.06 Å². The molecule has 0 saturated carbocycles. The summed E-state index contributed by atoms with van der Waals surface area (Å²) in [4.78, 5) is 32.2. The van der Waals surface area contributed by atoms with E-state index in [1.165, 1.54) is 7.11 Å². The van der Waals surface area contributed by atoms with Crippen molar-refractivity contribution < 1.29 is 14.4 Å². The van der Waals surface area contributed by atoms with Crippen LogP contribution < -0.4 is 10.2 Å². The van der Waals surface area contributed by atoms with Gasteiger partial charge in [-0.1, -0.05) is 38.4 Å². The maximum Gasteiger partial charge on any atom is 0.351 e. The quantitative estimate of drug-likeness (QED) is 0.842. The highest BCUT2D eigenvalue weighted by molar-refractivity contribution is 6.31. The van der Waals surface area contributed by atoms with Crippen molar-refractivity contribution in [2.45, 2.75) is 32.9 Å². The van der Waals surface area contributed by atoms with Gasteiger partial charge in [-0.3, -0.25) is 9.63 Å². The highest BCUT2D eigenvalue weighted by Crippen LogP contribution is 2.45. The molecule has 1 aromatic rings. The summed E-state index contributed by atoms with van der Waals surface area (Å²) in [6.07, 6.45) is 0.792. The molecule has 1 fully saturated rings. The van der Waals surface area contributed by atoms with Crippen LogP contribution in [0.15, 0.2) is 18.2 Å². The van der Waals surface area contributed by atoms with Gasteiger partial charge in [0.05, 0.1) is 7.11 Å². The minimum absolute atomic E-state index is 0.412. The van der Waals surface area contributed by atoms with Crippen LogP contribution in [0.25, 0.3) is 0 Å². The van der Waals surface area contributed by atoms with E-state index < -0.39 is 23.0 Å². The number of hydroxylamine groups is 2. The second-order valence-electron chi connectivity index (χ2n) is 6.85. The van der Waals surface area contributed by atoms with E-state index in [9.17, 15) is 9.59 Å². The zero-order valence-corrected chi connectivity index (χ0v) is 14.4. The highest BCUT2D eigenvalue weighted by atomic mass is 35.5. The molecular formula is C16H20ClN3O3. The van der Waals surface area contributed by atoms with Crippen LogP contribution in [0, 0.1) is 5.41 Å². The molecule has 0 spiro atoms. The van der Waals surface area contributed by atoms with Crippen LogP contribution in [0.2, 0.25) is 5.02 Å². The zero-order valence-electron chi connectivity index (χ0n) is 13.6. The van der Waals surface area contributed by atoms with E-state index in [2.05, 4.69) is 5.32 Å². The van der Waals surface area contributed by atoms with Gasteiger partial charge in [0.2, 0.25) is 5.66 Å². The molecule has 2 heterocycles. The molecule has 0 aromatic heterocycles. The molecule has 6 nitrogen and oxygen atoms in total. The molecule has 124 valence electrons. The van der Waals surface area contributed by atoms with Gasteiger partial charge in [0.1, 0.15) is 0 Å². The Morgan fingerprint density at radius 2 is 2.00 bits per heavy atom. The molecule has 1 N–H and O–H groups in total. The highest BCUT2D eigenvalue weighted by Gasteiger charge is 2.63. The number of halogens is 1. The van der Waals surface area contributed by atoms with Gasteiger partial charge in [-0.2, -0.15) is 0 Å². The SMILES string of the molecule is CON1C(=O)NC(N2CCc3ccc(Cl)cc32)(C(C)(C)C)C1=O. The molecule has 0 radical (unpaired) electrons. The molecule has 3 amide bonds. The average molecular weight is 338 g/mol. The Bertz CT molecular complexity index is 686. The molecule has 0 bridgehead atoms. The molecule has 7 heteroatoms. The molecule has 1 aromatic carbocycles. The summed E-state index contributed by atoms with van der Waals surface area (Å²) in [5.74, 6) is -0.412. The Hall–Kier alpha value is -1.79. The van der Waals surface area contributed by atoms with Crippen LogP contribution in [-0.4, -0.2) is 36.3 Å². The number of benzene rings is 1. The van der Waals surface area contributed by atoms with E-state index in [1.54, 1.807) is 0 Å². The second-order valence-corrected chi connectivity index (χ2v) is 7.28. The summed E-state index contributed by atoms with van der Waals surface area (Å²) in [6, 6.07) is 5.09. The Morgan fingerprint density at radius 1 is 1.30 bits per heavy atom. The molecular weight excluding hydrogens is 318 g/mol. The van der Waals surface area contributed by atoms with Gasteiger partial charge < -0.3 is 10.2 Å². The number of carbonyl (C=O) groups excluding carboxylic acids is 2. The van der Waals surface area contributed by atoms with Gasteiger partial charge in [0, 0.05) is 22.7 Å². The van der Waals surface area contributed by atoms with Crippen LogP contribution in [0.1, 0.15) is 26.3 Å². The third-order valence-electron chi connectivity index (χ3n) is 4.58. The molecule has 2 aliphatic rings. The number of urea groups is 1. The Kier molecular flexibility index (Phi) is 3.57. The maximum absolute atomic E-state index is 13.0. The smallest absolute Gasteiger partial charge is 0.340 e. The Balaban J connectivity index is 2.16. The topological polar surface area (TPSA) is 61.9 Å². The largest absolute Gasteiger partial charge is 0.351 e. The number of rotatable bonds is 2. The maximum atomic E-state index is 13.0. The number of hydrogen-bond donors (Lipinski definition) is 1. The van der Waals surface area contributed by atoms with Gasteiger partial charge >= 0.3 is 11.9 Å². The van der Waals surface area contributed by atoms with Crippen molar-refractivity contribution in [2.24, 2.45) is 5.41 Å². The van der Waals surface area contributed by atoms with Crippen LogP contribution in [0.5, 0.6) is 0 Å². The Labute approximate surface area is 140 Å². The van der Waals surface area contributed by atoms with Crippen molar-refractivity contribution >= 4 is 29.2 Å². The van der Waals surface area contributed by atoms with E-state index >= 15 is 0 Å². The number of nitrogens with one attached hydrogen (secondary N) is 1. The predicted octanol–water partition coefficient (Wildman–Crippen LogP) is 2.56. The van der Waals surface area contributed by atoms with Crippen LogP contribution in [-0.2, 0) is 16.1 Å². The first-order valence-corrected chi connectivity index (χ1v) is 7.87. The molecule has 1 saturated heterocycles. The lowest BCUT2D eigenvalue weighted by Crippen LogP contribution is -2.68. The summed E-state index contributed by atoms with van der Waals surface area (Å²) in [5.41, 5.74) is 0.211. The minimum atomic E-state index is -1.21. The monoisotopic (exact) mass is 337 g/mol. The molecule has 0 aliphatic carbocycles. The van der Waals surface area contributed by atoms with Crippen LogP contribution in [0.3, 0.4) is 0 Å². The number of hydrogen-bond acceptors (Lipinski definition) is 4. The molecule has 2 aliphatic heterocycles. The van der Waals surface area contributed by atoms with Crippen molar-refractivity contribution in [3.8, 4) is 0 Å². The standard InChI is InChI=1S/C16H20ClN3O3/c1-15(2,3)16(13(21)20(23-4)14(22)18-16)19-8-7-10-5-6-11(17)9-12(10)19/h5-6,9H,7-8H2,1-4H3,(H,18,22). The van der Waals surface area contributed by atoms with Crippen LogP contribution >= 0.6 is 11.6 Å². The van der Waals surface area contributed by atoms with E-state index in [0.717, 1.165) is 22.7 Å². The predicted molar refractivity (Wildman–Crippen MR) is 87.1 cm³/mol.